The maximum Gasteiger partial charge on any atom is 0.335 e. The molecule has 110 valence electrons. The van der Waals surface area contributed by atoms with Crippen molar-refractivity contribution in [2.24, 2.45) is 5.92 Å². The minimum atomic E-state index is -1.14. The largest absolute Gasteiger partial charge is 0.478 e. The standard InChI is InChI=1S/C13H15Cl2NO4/c1-7(6-20-2)3-11(17)16-12-9(14)4-8(13(18)19)5-10(12)15/h4-5,7H,3,6H2,1-2H3,(H,16,17)(H,18,19). The molecule has 1 aromatic carbocycles. The van der Waals surface area contributed by atoms with Gasteiger partial charge in [-0.05, 0) is 18.1 Å². The summed E-state index contributed by atoms with van der Waals surface area (Å²) in [5.74, 6) is -1.35. The Labute approximate surface area is 126 Å². The molecule has 0 aliphatic rings. The molecular weight excluding hydrogens is 305 g/mol. The highest BCUT2D eigenvalue weighted by Crippen LogP contribution is 2.32. The summed E-state index contributed by atoms with van der Waals surface area (Å²) in [4.78, 5) is 22.7. The van der Waals surface area contributed by atoms with Crippen molar-refractivity contribution in [3.8, 4) is 0 Å². The third-order valence-corrected chi connectivity index (χ3v) is 3.13. The lowest BCUT2D eigenvalue weighted by Gasteiger charge is -2.13. The number of hydrogen-bond acceptors (Lipinski definition) is 3. The summed E-state index contributed by atoms with van der Waals surface area (Å²) in [6, 6.07) is 2.48. The maximum atomic E-state index is 11.8. The van der Waals surface area contributed by atoms with Gasteiger partial charge in [0.15, 0.2) is 0 Å². The molecule has 0 radical (unpaired) electrons. The molecular formula is C13H15Cl2NO4. The van der Waals surface area contributed by atoms with E-state index in [0.717, 1.165) is 0 Å². The van der Waals surface area contributed by atoms with Crippen molar-refractivity contribution in [1.82, 2.24) is 0 Å². The van der Waals surface area contributed by atoms with Crippen LogP contribution in [0.25, 0.3) is 0 Å². The topological polar surface area (TPSA) is 75.6 Å². The van der Waals surface area contributed by atoms with Gasteiger partial charge in [-0.1, -0.05) is 30.1 Å². The Balaban J connectivity index is 2.82. The predicted molar refractivity (Wildman–Crippen MR) is 77.7 cm³/mol. The van der Waals surface area contributed by atoms with Crippen molar-refractivity contribution in [3.05, 3.63) is 27.7 Å². The number of halogens is 2. The highest BCUT2D eigenvalue weighted by atomic mass is 35.5. The molecule has 0 heterocycles. The molecule has 7 heteroatoms. The van der Waals surface area contributed by atoms with Gasteiger partial charge in [0.1, 0.15) is 0 Å². The van der Waals surface area contributed by atoms with Crippen LogP contribution in [0.1, 0.15) is 23.7 Å². The lowest BCUT2D eigenvalue weighted by Crippen LogP contribution is -2.18. The summed E-state index contributed by atoms with van der Waals surface area (Å²) >= 11 is 11.9. The van der Waals surface area contributed by atoms with Crippen LogP contribution in [0, 0.1) is 5.92 Å². The summed E-state index contributed by atoms with van der Waals surface area (Å²) in [7, 11) is 1.56. The van der Waals surface area contributed by atoms with E-state index in [4.69, 9.17) is 33.0 Å². The van der Waals surface area contributed by atoms with Crippen LogP contribution >= 0.6 is 23.2 Å². The monoisotopic (exact) mass is 319 g/mol. The molecule has 0 aromatic heterocycles. The average molecular weight is 320 g/mol. The van der Waals surface area contributed by atoms with Crippen LogP contribution in [0.5, 0.6) is 0 Å². The van der Waals surface area contributed by atoms with Crippen LogP contribution < -0.4 is 5.32 Å². The van der Waals surface area contributed by atoms with E-state index in [9.17, 15) is 9.59 Å². The Hall–Kier alpha value is -1.30. The number of ether oxygens (including phenoxy) is 1. The zero-order valence-electron chi connectivity index (χ0n) is 11.1. The van der Waals surface area contributed by atoms with Crippen molar-refractivity contribution in [3.63, 3.8) is 0 Å². The molecule has 1 amide bonds. The number of carboxylic acids is 1. The normalized spacial score (nSPS) is 12.0. The van der Waals surface area contributed by atoms with Gasteiger partial charge in [-0.15, -0.1) is 0 Å². The quantitative estimate of drug-likeness (QED) is 0.843. The van der Waals surface area contributed by atoms with Crippen LogP contribution in [0.15, 0.2) is 12.1 Å². The van der Waals surface area contributed by atoms with Crippen LogP contribution in [-0.2, 0) is 9.53 Å². The van der Waals surface area contributed by atoms with Gasteiger partial charge in [0, 0.05) is 20.1 Å². The molecule has 0 spiro atoms. The minimum absolute atomic E-state index is 0.0363. The van der Waals surface area contributed by atoms with Gasteiger partial charge in [-0.2, -0.15) is 0 Å². The highest BCUT2D eigenvalue weighted by molar-refractivity contribution is 6.40. The van der Waals surface area contributed by atoms with Gasteiger partial charge < -0.3 is 15.2 Å². The van der Waals surface area contributed by atoms with Crippen molar-refractivity contribution in [2.45, 2.75) is 13.3 Å². The van der Waals surface area contributed by atoms with E-state index in [2.05, 4.69) is 5.32 Å². The first-order valence-electron chi connectivity index (χ1n) is 5.86. The van der Waals surface area contributed by atoms with Crippen LogP contribution in [0.4, 0.5) is 5.69 Å². The number of rotatable bonds is 6. The molecule has 0 aliphatic heterocycles. The van der Waals surface area contributed by atoms with E-state index in [1.807, 2.05) is 6.92 Å². The first-order valence-corrected chi connectivity index (χ1v) is 6.61. The lowest BCUT2D eigenvalue weighted by molar-refractivity contribution is -0.117. The average Bonchev–Trinajstić information content (AvgIpc) is 2.33. The first kappa shape index (κ1) is 16.8. The number of benzene rings is 1. The number of carbonyl (C=O) groups excluding carboxylic acids is 1. The van der Waals surface area contributed by atoms with E-state index in [0.29, 0.717) is 6.61 Å². The number of carboxylic acid groups (broad SMARTS) is 1. The molecule has 0 saturated carbocycles. The number of nitrogens with one attached hydrogen (secondary N) is 1. The molecule has 2 N–H and O–H groups in total. The van der Waals surface area contributed by atoms with E-state index < -0.39 is 5.97 Å². The Kier molecular flexibility index (Phi) is 6.26. The molecule has 1 aromatic rings. The Morgan fingerprint density at radius 1 is 1.35 bits per heavy atom. The molecule has 1 unspecified atom stereocenters. The summed E-state index contributed by atoms with van der Waals surface area (Å²) in [5.41, 5.74) is 0.179. The number of methoxy groups -OCH3 is 1. The fourth-order valence-corrected chi connectivity index (χ4v) is 2.25. The van der Waals surface area contributed by atoms with Crippen LogP contribution in [-0.4, -0.2) is 30.7 Å². The molecule has 0 aliphatic carbocycles. The molecule has 0 bridgehead atoms. The molecule has 1 atom stereocenters. The Morgan fingerprint density at radius 3 is 2.35 bits per heavy atom. The van der Waals surface area contributed by atoms with Gasteiger partial charge >= 0.3 is 5.97 Å². The van der Waals surface area contributed by atoms with Crippen LogP contribution in [0.3, 0.4) is 0 Å². The second-order valence-corrected chi connectivity index (χ2v) is 5.25. The van der Waals surface area contributed by atoms with E-state index >= 15 is 0 Å². The van der Waals surface area contributed by atoms with Crippen molar-refractivity contribution >= 4 is 40.8 Å². The van der Waals surface area contributed by atoms with Crippen molar-refractivity contribution in [2.75, 3.05) is 19.0 Å². The van der Waals surface area contributed by atoms with Gasteiger partial charge in [-0.3, -0.25) is 4.79 Å². The Bertz CT molecular complexity index is 496. The summed E-state index contributed by atoms with van der Waals surface area (Å²) < 4.78 is 4.95. The lowest BCUT2D eigenvalue weighted by atomic mass is 10.1. The maximum absolute atomic E-state index is 11.8. The second-order valence-electron chi connectivity index (χ2n) is 4.43. The highest BCUT2D eigenvalue weighted by Gasteiger charge is 2.16. The third kappa shape index (κ3) is 4.67. The number of aromatic carboxylic acids is 1. The van der Waals surface area contributed by atoms with E-state index in [1.54, 1.807) is 7.11 Å². The molecule has 0 saturated heterocycles. The van der Waals surface area contributed by atoms with Crippen molar-refractivity contribution < 1.29 is 19.4 Å². The number of anilines is 1. The molecule has 0 fully saturated rings. The fraction of sp³-hybridized carbons (Fsp3) is 0.385. The second kappa shape index (κ2) is 7.47. The molecule has 20 heavy (non-hydrogen) atoms. The van der Waals surface area contributed by atoms with Gasteiger partial charge in [0.25, 0.3) is 0 Å². The number of hydrogen-bond donors (Lipinski definition) is 2. The van der Waals surface area contributed by atoms with Gasteiger partial charge in [0.2, 0.25) is 5.91 Å². The Morgan fingerprint density at radius 2 is 1.90 bits per heavy atom. The first-order chi connectivity index (χ1) is 9.35. The molecule has 5 nitrogen and oxygen atoms in total. The minimum Gasteiger partial charge on any atom is -0.478 e. The van der Waals surface area contributed by atoms with Crippen LogP contribution in [0.2, 0.25) is 10.0 Å². The zero-order valence-corrected chi connectivity index (χ0v) is 12.6. The SMILES string of the molecule is COCC(C)CC(=O)Nc1c(Cl)cc(C(=O)O)cc1Cl. The summed E-state index contributed by atoms with van der Waals surface area (Å²) in [6.45, 7) is 2.34. The number of amides is 1. The van der Waals surface area contributed by atoms with E-state index in [-0.39, 0.29) is 39.5 Å². The predicted octanol–water partition coefficient (Wildman–Crippen LogP) is 3.30. The zero-order chi connectivity index (χ0) is 15.3. The van der Waals surface area contributed by atoms with Gasteiger partial charge in [0.05, 0.1) is 21.3 Å². The summed E-state index contributed by atoms with van der Waals surface area (Å²) in [6.07, 6.45) is 0.251. The van der Waals surface area contributed by atoms with Gasteiger partial charge in [-0.25, -0.2) is 4.79 Å². The van der Waals surface area contributed by atoms with Crippen molar-refractivity contribution in [1.29, 1.82) is 0 Å². The summed E-state index contributed by atoms with van der Waals surface area (Å²) in [5, 5.41) is 11.6. The number of carbonyl (C=O) groups is 2. The fourth-order valence-electron chi connectivity index (χ4n) is 1.67. The third-order valence-electron chi connectivity index (χ3n) is 2.54. The smallest absolute Gasteiger partial charge is 0.335 e. The molecule has 1 rings (SSSR count). The van der Waals surface area contributed by atoms with E-state index in [1.165, 1.54) is 12.1 Å².